The molecule has 0 aromatic carbocycles. The highest BCUT2D eigenvalue weighted by Gasteiger charge is 2.18. The van der Waals surface area contributed by atoms with E-state index in [0.29, 0.717) is 13.1 Å². The Hall–Kier alpha value is -1.49. The van der Waals surface area contributed by atoms with E-state index in [0.717, 1.165) is 13.1 Å². The molecule has 1 aliphatic heterocycles. The number of amides is 1. The Balaban J connectivity index is 2.12. The molecule has 0 saturated carbocycles. The summed E-state index contributed by atoms with van der Waals surface area (Å²) < 4.78 is 12.8. The largest absolute Gasteiger partial charge is 0.335 e. The number of carbonyl (C=O) groups excluding carboxylic acids is 1. The van der Waals surface area contributed by atoms with E-state index in [4.69, 9.17) is 0 Å². The lowest BCUT2D eigenvalue weighted by molar-refractivity contribution is 0.0728. The van der Waals surface area contributed by atoms with Gasteiger partial charge in [0.2, 0.25) is 5.95 Å². The van der Waals surface area contributed by atoms with Crippen LogP contribution in [0.1, 0.15) is 10.5 Å². The molecule has 1 aliphatic rings. The van der Waals surface area contributed by atoms with Crippen LogP contribution < -0.4 is 5.32 Å². The van der Waals surface area contributed by atoms with Gasteiger partial charge in [0.25, 0.3) is 5.91 Å². The van der Waals surface area contributed by atoms with Gasteiger partial charge >= 0.3 is 0 Å². The smallest absolute Gasteiger partial charge is 0.272 e. The molecule has 1 aromatic rings. The summed E-state index contributed by atoms with van der Waals surface area (Å²) in [4.78, 5) is 17.1. The van der Waals surface area contributed by atoms with Gasteiger partial charge in [-0.3, -0.25) is 4.79 Å². The number of hydrogen-bond donors (Lipinski definition) is 1. The Morgan fingerprint density at radius 1 is 1.40 bits per heavy atom. The Kier molecular flexibility index (Phi) is 2.91. The van der Waals surface area contributed by atoms with Gasteiger partial charge in [-0.15, -0.1) is 0 Å². The fraction of sp³-hybridized carbons (Fsp3) is 0.400. The lowest BCUT2D eigenvalue weighted by Gasteiger charge is -2.26. The number of hydrogen-bond acceptors (Lipinski definition) is 3. The summed E-state index contributed by atoms with van der Waals surface area (Å²) in [7, 11) is 0. The Morgan fingerprint density at radius 3 is 2.80 bits per heavy atom. The molecule has 0 radical (unpaired) electrons. The number of carbonyl (C=O) groups is 1. The predicted molar refractivity (Wildman–Crippen MR) is 53.0 cm³/mol. The van der Waals surface area contributed by atoms with Crippen LogP contribution in [0.25, 0.3) is 0 Å². The molecule has 1 saturated heterocycles. The van der Waals surface area contributed by atoms with Crippen LogP contribution in [-0.4, -0.2) is 42.0 Å². The van der Waals surface area contributed by atoms with Crippen molar-refractivity contribution in [2.75, 3.05) is 26.2 Å². The standard InChI is InChI=1S/C10H12FN3O/c11-9-3-1-2-8(13-9)10(15)14-6-4-12-5-7-14/h1-3,12H,4-7H2. The van der Waals surface area contributed by atoms with Crippen molar-refractivity contribution < 1.29 is 9.18 Å². The minimum absolute atomic E-state index is 0.178. The Bertz CT molecular complexity index is 363. The zero-order valence-electron chi connectivity index (χ0n) is 8.24. The van der Waals surface area contributed by atoms with Gasteiger partial charge in [0, 0.05) is 26.2 Å². The summed E-state index contributed by atoms with van der Waals surface area (Å²) in [6, 6.07) is 4.26. The fourth-order valence-electron chi connectivity index (χ4n) is 1.56. The second-order valence-electron chi connectivity index (χ2n) is 3.39. The highest BCUT2D eigenvalue weighted by molar-refractivity contribution is 5.92. The van der Waals surface area contributed by atoms with E-state index in [-0.39, 0.29) is 11.6 Å². The quantitative estimate of drug-likeness (QED) is 0.675. The second-order valence-corrected chi connectivity index (χ2v) is 3.39. The molecule has 15 heavy (non-hydrogen) atoms. The van der Waals surface area contributed by atoms with Crippen LogP contribution in [0.2, 0.25) is 0 Å². The van der Waals surface area contributed by atoms with E-state index in [2.05, 4.69) is 10.3 Å². The molecule has 5 heteroatoms. The van der Waals surface area contributed by atoms with Crippen LogP contribution in [0.15, 0.2) is 18.2 Å². The zero-order chi connectivity index (χ0) is 10.7. The van der Waals surface area contributed by atoms with Gasteiger partial charge in [0.15, 0.2) is 0 Å². The monoisotopic (exact) mass is 209 g/mol. The minimum atomic E-state index is -0.615. The van der Waals surface area contributed by atoms with Crippen LogP contribution in [0.5, 0.6) is 0 Å². The Morgan fingerprint density at radius 2 is 2.13 bits per heavy atom. The predicted octanol–water partition coefficient (Wildman–Crippen LogP) is 0.266. The van der Waals surface area contributed by atoms with Gasteiger partial charge in [-0.1, -0.05) is 6.07 Å². The summed E-state index contributed by atoms with van der Waals surface area (Å²) in [5.74, 6) is -0.813. The number of halogens is 1. The van der Waals surface area contributed by atoms with Gasteiger partial charge in [-0.25, -0.2) is 4.98 Å². The van der Waals surface area contributed by atoms with Gasteiger partial charge in [-0.05, 0) is 12.1 Å². The number of rotatable bonds is 1. The minimum Gasteiger partial charge on any atom is -0.335 e. The molecule has 0 atom stereocenters. The highest BCUT2D eigenvalue weighted by Crippen LogP contribution is 2.04. The summed E-state index contributed by atoms with van der Waals surface area (Å²) in [5.41, 5.74) is 0.178. The van der Waals surface area contributed by atoms with Crippen molar-refractivity contribution in [3.05, 3.63) is 29.8 Å². The van der Waals surface area contributed by atoms with E-state index in [1.54, 1.807) is 4.90 Å². The maximum absolute atomic E-state index is 12.8. The number of aromatic nitrogens is 1. The van der Waals surface area contributed by atoms with Crippen LogP contribution in [0.3, 0.4) is 0 Å². The average Bonchev–Trinajstić information content (AvgIpc) is 2.29. The number of nitrogens with one attached hydrogen (secondary N) is 1. The maximum atomic E-state index is 12.8. The molecular weight excluding hydrogens is 197 g/mol. The van der Waals surface area contributed by atoms with Crippen molar-refractivity contribution in [1.82, 2.24) is 15.2 Å². The van der Waals surface area contributed by atoms with Gasteiger partial charge in [0.1, 0.15) is 5.69 Å². The van der Waals surface area contributed by atoms with Gasteiger partial charge in [-0.2, -0.15) is 4.39 Å². The molecule has 1 amide bonds. The van der Waals surface area contributed by atoms with Crippen molar-refractivity contribution in [3.8, 4) is 0 Å². The van der Waals surface area contributed by atoms with E-state index in [1.807, 2.05) is 0 Å². The van der Waals surface area contributed by atoms with E-state index < -0.39 is 5.95 Å². The molecule has 80 valence electrons. The summed E-state index contributed by atoms with van der Waals surface area (Å²) in [6.45, 7) is 2.86. The SMILES string of the molecule is O=C(c1cccc(F)n1)N1CCNCC1. The second kappa shape index (κ2) is 4.35. The van der Waals surface area contributed by atoms with Crippen molar-refractivity contribution in [1.29, 1.82) is 0 Å². The normalized spacial score (nSPS) is 16.5. The van der Waals surface area contributed by atoms with Crippen LogP contribution in [0, 0.1) is 5.95 Å². The highest BCUT2D eigenvalue weighted by atomic mass is 19.1. The van der Waals surface area contributed by atoms with Gasteiger partial charge < -0.3 is 10.2 Å². The first-order chi connectivity index (χ1) is 7.27. The average molecular weight is 209 g/mol. The lowest BCUT2D eigenvalue weighted by atomic mass is 10.3. The van der Waals surface area contributed by atoms with E-state index in [9.17, 15) is 9.18 Å². The third-order valence-corrected chi connectivity index (χ3v) is 2.34. The molecule has 0 spiro atoms. The first-order valence-electron chi connectivity index (χ1n) is 4.90. The molecule has 1 N–H and O–H groups in total. The molecule has 4 nitrogen and oxygen atoms in total. The van der Waals surface area contributed by atoms with Crippen LogP contribution in [-0.2, 0) is 0 Å². The summed E-state index contributed by atoms with van der Waals surface area (Å²) in [6.07, 6.45) is 0. The third kappa shape index (κ3) is 2.30. The zero-order valence-corrected chi connectivity index (χ0v) is 8.24. The topological polar surface area (TPSA) is 45.2 Å². The lowest BCUT2D eigenvalue weighted by Crippen LogP contribution is -2.46. The van der Waals surface area contributed by atoms with E-state index in [1.165, 1.54) is 18.2 Å². The first kappa shape index (κ1) is 10.0. The Labute approximate surface area is 87.1 Å². The molecule has 0 unspecified atom stereocenters. The fourth-order valence-corrected chi connectivity index (χ4v) is 1.56. The maximum Gasteiger partial charge on any atom is 0.272 e. The summed E-state index contributed by atoms with van der Waals surface area (Å²) in [5, 5.41) is 3.14. The molecule has 0 bridgehead atoms. The van der Waals surface area contributed by atoms with Crippen molar-refractivity contribution >= 4 is 5.91 Å². The first-order valence-corrected chi connectivity index (χ1v) is 4.90. The number of nitrogens with zero attached hydrogens (tertiary/aromatic N) is 2. The van der Waals surface area contributed by atoms with Crippen molar-refractivity contribution in [2.24, 2.45) is 0 Å². The molecule has 0 aliphatic carbocycles. The van der Waals surface area contributed by atoms with Crippen LogP contribution in [0.4, 0.5) is 4.39 Å². The molecule has 1 aromatic heterocycles. The molecule has 2 heterocycles. The third-order valence-electron chi connectivity index (χ3n) is 2.34. The van der Waals surface area contributed by atoms with Crippen molar-refractivity contribution in [2.45, 2.75) is 0 Å². The molecule has 1 fully saturated rings. The summed E-state index contributed by atoms with van der Waals surface area (Å²) >= 11 is 0. The number of pyridine rings is 1. The number of piperazine rings is 1. The van der Waals surface area contributed by atoms with Gasteiger partial charge in [0.05, 0.1) is 0 Å². The molecular formula is C10H12FN3O. The van der Waals surface area contributed by atoms with Crippen LogP contribution >= 0.6 is 0 Å². The van der Waals surface area contributed by atoms with Crippen molar-refractivity contribution in [3.63, 3.8) is 0 Å². The molecule has 2 rings (SSSR count). The van der Waals surface area contributed by atoms with E-state index >= 15 is 0 Å².